The molecule has 2 aliphatic heterocycles. The average molecular weight is 309 g/mol. The molecule has 0 saturated carbocycles. The van der Waals surface area contributed by atoms with E-state index in [1.54, 1.807) is 11.3 Å². The van der Waals surface area contributed by atoms with Crippen LogP contribution in [0.3, 0.4) is 0 Å². The van der Waals surface area contributed by atoms with E-state index in [1.807, 2.05) is 0 Å². The quantitative estimate of drug-likeness (QED) is 0.836. The smallest absolute Gasteiger partial charge is 0.0954 e. The van der Waals surface area contributed by atoms with Crippen LogP contribution in [0, 0.1) is 0 Å². The van der Waals surface area contributed by atoms with Crippen molar-refractivity contribution in [2.45, 2.75) is 45.3 Å². The highest BCUT2D eigenvalue weighted by Crippen LogP contribution is 2.20. The Kier molecular flexibility index (Phi) is 5.27. The summed E-state index contributed by atoms with van der Waals surface area (Å²) in [5, 5.41) is 3.50. The number of thiazole rings is 1. The Labute approximate surface area is 132 Å². The van der Waals surface area contributed by atoms with Gasteiger partial charge in [-0.3, -0.25) is 9.80 Å². The summed E-state index contributed by atoms with van der Waals surface area (Å²) in [5.74, 6) is 0.548. The molecule has 2 fully saturated rings. The normalized spacial score (nSPS) is 25.0. The molecule has 2 saturated heterocycles. The van der Waals surface area contributed by atoms with E-state index in [1.165, 1.54) is 36.6 Å². The maximum atomic E-state index is 5.74. The second-order valence-electron chi connectivity index (χ2n) is 6.54. The van der Waals surface area contributed by atoms with Crippen LogP contribution in [0.1, 0.15) is 43.3 Å². The van der Waals surface area contributed by atoms with Crippen LogP contribution in [-0.4, -0.2) is 60.2 Å². The molecule has 0 N–H and O–H groups in total. The SMILES string of the molecule is CC(C)c1nc(CN2CCN(CC3CCCO3)CC2)cs1. The molecule has 0 radical (unpaired) electrons. The zero-order valence-electron chi connectivity index (χ0n) is 13.3. The summed E-state index contributed by atoms with van der Waals surface area (Å²) in [5.41, 5.74) is 1.25. The van der Waals surface area contributed by atoms with E-state index in [2.05, 4.69) is 29.0 Å². The molecule has 1 unspecified atom stereocenters. The lowest BCUT2D eigenvalue weighted by Crippen LogP contribution is -2.48. The molecule has 118 valence electrons. The number of hydrogen-bond donors (Lipinski definition) is 0. The Bertz CT molecular complexity index is 434. The van der Waals surface area contributed by atoms with Crippen LogP contribution in [0.2, 0.25) is 0 Å². The zero-order valence-corrected chi connectivity index (χ0v) is 14.1. The predicted molar refractivity (Wildman–Crippen MR) is 86.9 cm³/mol. The third kappa shape index (κ3) is 4.25. The molecule has 1 atom stereocenters. The van der Waals surface area contributed by atoms with Gasteiger partial charge in [-0.05, 0) is 12.8 Å². The van der Waals surface area contributed by atoms with Crippen molar-refractivity contribution in [1.29, 1.82) is 0 Å². The van der Waals surface area contributed by atoms with Gasteiger partial charge in [0.1, 0.15) is 0 Å². The second-order valence-corrected chi connectivity index (χ2v) is 7.43. The molecular formula is C16H27N3OS. The van der Waals surface area contributed by atoms with E-state index >= 15 is 0 Å². The highest BCUT2D eigenvalue weighted by atomic mass is 32.1. The lowest BCUT2D eigenvalue weighted by molar-refractivity contribution is 0.0487. The van der Waals surface area contributed by atoms with Gasteiger partial charge in [-0.1, -0.05) is 13.8 Å². The number of piperazine rings is 1. The van der Waals surface area contributed by atoms with Crippen molar-refractivity contribution in [3.63, 3.8) is 0 Å². The van der Waals surface area contributed by atoms with Crippen LogP contribution in [0.4, 0.5) is 0 Å². The first-order valence-electron chi connectivity index (χ1n) is 8.21. The summed E-state index contributed by atoms with van der Waals surface area (Å²) in [6.07, 6.45) is 2.98. The van der Waals surface area contributed by atoms with E-state index < -0.39 is 0 Å². The molecule has 21 heavy (non-hydrogen) atoms. The molecule has 4 nitrogen and oxygen atoms in total. The fourth-order valence-electron chi connectivity index (χ4n) is 3.10. The fraction of sp³-hybridized carbons (Fsp3) is 0.812. The molecule has 0 aromatic carbocycles. The maximum absolute atomic E-state index is 5.74. The molecule has 1 aromatic heterocycles. The summed E-state index contributed by atoms with van der Waals surface area (Å²) in [4.78, 5) is 9.84. The van der Waals surface area contributed by atoms with Gasteiger partial charge in [-0.25, -0.2) is 4.98 Å². The number of rotatable bonds is 5. The van der Waals surface area contributed by atoms with Crippen LogP contribution in [0.15, 0.2) is 5.38 Å². The molecule has 2 aliphatic rings. The first-order chi connectivity index (χ1) is 10.2. The highest BCUT2D eigenvalue weighted by Gasteiger charge is 2.23. The van der Waals surface area contributed by atoms with Crippen molar-refractivity contribution in [1.82, 2.24) is 14.8 Å². The Morgan fingerprint density at radius 3 is 2.67 bits per heavy atom. The van der Waals surface area contributed by atoms with Crippen molar-refractivity contribution in [2.24, 2.45) is 0 Å². The molecule has 0 aliphatic carbocycles. The van der Waals surface area contributed by atoms with Crippen LogP contribution >= 0.6 is 11.3 Å². The minimum atomic E-state index is 0.490. The number of nitrogens with zero attached hydrogens (tertiary/aromatic N) is 3. The highest BCUT2D eigenvalue weighted by molar-refractivity contribution is 7.09. The Hall–Kier alpha value is -0.490. The molecule has 5 heteroatoms. The lowest BCUT2D eigenvalue weighted by atomic mass is 10.2. The van der Waals surface area contributed by atoms with E-state index in [-0.39, 0.29) is 0 Å². The second kappa shape index (κ2) is 7.18. The molecular weight excluding hydrogens is 282 g/mol. The van der Waals surface area contributed by atoms with Gasteiger partial charge in [0.05, 0.1) is 16.8 Å². The minimum Gasteiger partial charge on any atom is -0.377 e. The lowest BCUT2D eigenvalue weighted by Gasteiger charge is -2.35. The summed E-state index contributed by atoms with van der Waals surface area (Å²) < 4.78 is 5.74. The van der Waals surface area contributed by atoms with Gasteiger partial charge < -0.3 is 4.74 Å². The maximum Gasteiger partial charge on any atom is 0.0954 e. The first-order valence-corrected chi connectivity index (χ1v) is 9.09. The van der Waals surface area contributed by atoms with Crippen LogP contribution in [-0.2, 0) is 11.3 Å². The largest absolute Gasteiger partial charge is 0.377 e. The predicted octanol–water partition coefficient (Wildman–Crippen LogP) is 2.56. The minimum absolute atomic E-state index is 0.490. The number of aromatic nitrogens is 1. The van der Waals surface area contributed by atoms with Crippen LogP contribution in [0.5, 0.6) is 0 Å². The van der Waals surface area contributed by atoms with Crippen molar-refractivity contribution in [3.8, 4) is 0 Å². The van der Waals surface area contributed by atoms with Crippen molar-refractivity contribution in [2.75, 3.05) is 39.3 Å². The molecule has 0 spiro atoms. The van der Waals surface area contributed by atoms with Gasteiger partial charge in [0.15, 0.2) is 0 Å². The third-order valence-electron chi connectivity index (χ3n) is 4.40. The van der Waals surface area contributed by atoms with Gasteiger partial charge >= 0.3 is 0 Å². The van der Waals surface area contributed by atoms with Crippen molar-refractivity contribution in [3.05, 3.63) is 16.1 Å². The third-order valence-corrected chi connectivity index (χ3v) is 5.59. The van der Waals surface area contributed by atoms with E-state index in [9.17, 15) is 0 Å². The molecule has 1 aromatic rings. The number of ether oxygens (including phenoxy) is 1. The Morgan fingerprint density at radius 2 is 2.05 bits per heavy atom. The van der Waals surface area contributed by atoms with Crippen LogP contribution < -0.4 is 0 Å². The van der Waals surface area contributed by atoms with Gasteiger partial charge in [0, 0.05) is 57.2 Å². The van der Waals surface area contributed by atoms with E-state index in [4.69, 9.17) is 9.72 Å². The van der Waals surface area contributed by atoms with Crippen molar-refractivity contribution < 1.29 is 4.74 Å². The summed E-state index contributed by atoms with van der Waals surface area (Å²) in [6.45, 7) is 12.2. The van der Waals surface area contributed by atoms with E-state index in [0.29, 0.717) is 12.0 Å². The van der Waals surface area contributed by atoms with Crippen molar-refractivity contribution >= 4 is 11.3 Å². The van der Waals surface area contributed by atoms with Gasteiger partial charge in [-0.15, -0.1) is 11.3 Å². The first kappa shape index (κ1) is 15.4. The standard InChI is InChI=1S/C16H27N3OS/c1-13(2)16-17-14(12-21-16)10-18-5-7-19(8-6-18)11-15-4-3-9-20-15/h12-13,15H,3-11H2,1-2H3. The summed E-state index contributed by atoms with van der Waals surface area (Å²) in [6, 6.07) is 0. The Balaban J connectivity index is 1.42. The zero-order chi connectivity index (χ0) is 14.7. The summed E-state index contributed by atoms with van der Waals surface area (Å²) >= 11 is 1.80. The van der Waals surface area contributed by atoms with Gasteiger partial charge in [0.2, 0.25) is 0 Å². The topological polar surface area (TPSA) is 28.6 Å². The Morgan fingerprint density at radius 1 is 1.29 bits per heavy atom. The van der Waals surface area contributed by atoms with E-state index in [0.717, 1.165) is 32.8 Å². The molecule has 3 heterocycles. The monoisotopic (exact) mass is 309 g/mol. The average Bonchev–Trinajstić information content (AvgIpc) is 3.12. The molecule has 0 bridgehead atoms. The summed E-state index contributed by atoms with van der Waals surface area (Å²) in [7, 11) is 0. The van der Waals surface area contributed by atoms with Crippen LogP contribution in [0.25, 0.3) is 0 Å². The van der Waals surface area contributed by atoms with Gasteiger partial charge in [-0.2, -0.15) is 0 Å². The van der Waals surface area contributed by atoms with Gasteiger partial charge in [0.25, 0.3) is 0 Å². The molecule has 0 amide bonds. The number of hydrogen-bond acceptors (Lipinski definition) is 5. The fourth-order valence-corrected chi connectivity index (χ4v) is 3.92. The molecule has 3 rings (SSSR count).